The molecule has 0 bridgehead atoms. The Labute approximate surface area is 146 Å². The third-order valence-corrected chi connectivity index (χ3v) is 3.85. The summed E-state index contributed by atoms with van der Waals surface area (Å²) in [7, 11) is 0. The zero-order valence-electron chi connectivity index (χ0n) is 13.3. The molecular formula is C17H13F2N5O2. The zero-order chi connectivity index (χ0) is 18.3. The average Bonchev–Trinajstić information content (AvgIpc) is 3.17. The molecule has 0 unspecified atom stereocenters. The van der Waals surface area contributed by atoms with Crippen LogP contribution in [0.15, 0.2) is 41.5 Å². The topological polar surface area (TPSA) is 92.1 Å². The normalized spacial score (nSPS) is 13.2. The molecule has 0 saturated carbocycles. The Balaban J connectivity index is 1.64. The van der Waals surface area contributed by atoms with Crippen LogP contribution in [0.2, 0.25) is 0 Å². The minimum absolute atomic E-state index is 0.172. The standard InChI is InChI=1S/C17H13F2N5O2/c1-8-10-3-2-9(6-12(10)22-16(8)25)21-17-23-11-4-5-26-14(11)15(24-17)20-7-13(18)19/h2-6,13H,1,7H2,(H,22,25)(H2,20,21,23,24). The Hall–Kier alpha value is -3.49. The van der Waals surface area contributed by atoms with Crippen LogP contribution in [0, 0.1) is 0 Å². The van der Waals surface area contributed by atoms with Crippen molar-refractivity contribution < 1.29 is 18.0 Å². The lowest BCUT2D eigenvalue weighted by molar-refractivity contribution is -0.110. The van der Waals surface area contributed by atoms with Crippen LogP contribution in [0.5, 0.6) is 0 Å². The van der Waals surface area contributed by atoms with E-state index in [4.69, 9.17) is 4.42 Å². The summed E-state index contributed by atoms with van der Waals surface area (Å²) < 4.78 is 30.2. The summed E-state index contributed by atoms with van der Waals surface area (Å²) in [6.45, 7) is 3.17. The van der Waals surface area contributed by atoms with Crippen molar-refractivity contribution in [3.05, 3.63) is 42.7 Å². The number of hydrogen-bond donors (Lipinski definition) is 3. The SMILES string of the molecule is C=C1C(=O)Nc2cc(Nc3nc(NCC(F)F)c4occc4n3)ccc21. The molecule has 26 heavy (non-hydrogen) atoms. The number of furan rings is 1. The number of rotatable bonds is 5. The minimum Gasteiger partial charge on any atom is -0.459 e. The minimum atomic E-state index is -2.53. The van der Waals surface area contributed by atoms with E-state index in [9.17, 15) is 13.6 Å². The number of aromatic nitrogens is 2. The van der Waals surface area contributed by atoms with Crippen LogP contribution in [0.25, 0.3) is 16.7 Å². The number of amides is 1. The summed E-state index contributed by atoms with van der Waals surface area (Å²) >= 11 is 0. The number of alkyl halides is 2. The predicted octanol–water partition coefficient (Wildman–Crippen LogP) is 3.61. The number of carbonyl (C=O) groups is 1. The van der Waals surface area contributed by atoms with Crippen LogP contribution >= 0.6 is 0 Å². The Kier molecular flexibility index (Phi) is 3.76. The van der Waals surface area contributed by atoms with Gasteiger partial charge in [-0.15, -0.1) is 0 Å². The predicted molar refractivity (Wildman–Crippen MR) is 93.7 cm³/mol. The summed E-state index contributed by atoms with van der Waals surface area (Å²) in [6.07, 6.45) is -1.12. The average molecular weight is 357 g/mol. The van der Waals surface area contributed by atoms with Crippen molar-refractivity contribution in [3.63, 3.8) is 0 Å². The monoisotopic (exact) mass is 357 g/mol. The Morgan fingerprint density at radius 3 is 2.92 bits per heavy atom. The van der Waals surface area contributed by atoms with E-state index < -0.39 is 13.0 Å². The fraction of sp³-hybridized carbons (Fsp3) is 0.118. The van der Waals surface area contributed by atoms with Crippen LogP contribution in [-0.2, 0) is 4.79 Å². The van der Waals surface area contributed by atoms with Crippen molar-refractivity contribution in [1.82, 2.24) is 9.97 Å². The van der Waals surface area contributed by atoms with Gasteiger partial charge in [0.05, 0.1) is 18.5 Å². The molecule has 1 aliphatic heterocycles. The van der Waals surface area contributed by atoms with Crippen LogP contribution in [0.4, 0.5) is 31.9 Å². The van der Waals surface area contributed by atoms with Crippen molar-refractivity contribution in [2.75, 3.05) is 22.5 Å². The molecule has 132 valence electrons. The smallest absolute Gasteiger partial charge is 0.255 e. The highest BCUT2D eigenvalue weighted by molar-refractivity contribution is 6.31. The Morgan fingerprint density at radius 1 is 1.27 bits per heavy atom. The number of nitrogens with zero attached hydrogens (tertiary/aromatic N) is 2. The van der Waals surface area contributed by atoms with E-state index in [2.05, 4.69) is 32.5 Å². The number of halogens is 2. The van der Waals surface area contributed by atoms with Gasteiger partial charge >= 0.3 is 0 Å². The van der Waals surface area contributed by atoms with Crippen molar-refractivity contribution in [1.29, 1.82) is 0 Å². The molecule has 1 aromatic carbocycles. The largest absolute Gasteiger partial charge is 0.459 e. The summed E-state index contributed by atoms with van der Waals surface area (Å²) in [5.41, 5.74) is 3.16. The lowest BCUT2D eigenvalue weighted by atomic mass is 10.1. The summed E-state index contributed by atoms with van der Waals surface area (Å²) in [4.78, 5) is 20.1. The molecule has 0 fully saturated rings. The van der Waals surface area contributed by atoms with Gasteiger partial charge in [-0.1, -0.05) is 12.6 Å². The number of carbonyl (C=O) groups excluding carboxylic acids is 1. The van der Waals surface area contributed by atoms with Crippen molar-refractivity contribution in [3.8, 4) is 0 Å². The van der Waals surface area contributed by atoms with Crippen LogP contribution < -0.4 is 16.0 Å². The number of benzene rings is 1. The van der Waals surface area contributed by atoms with Gasteiger partial charge in [-0.05, 0) is 12.1 Å². The molecule has 1 amide bonds. The first kappa shape index (κ1) is 16.0. The highest BCUT2D eigenvalue weighted by atomic mass is 19.3. The lowest BCUT2D eigenvalue weighted by Crippen LogP contribution is -2.12. The highest BCUT2D eigenvalue weighted by Crippen LogP contribution is 2.33. The van der Waals surface area contributed by atoms with Crippen molar-refractivity contribution >= 4 is 45.7 Å². The molecule has 9 heteroatoms. The van der Waals surface area contributed by atoms with E-state index in [1.54, 1.807) is 24.3 Å². The van der Waals surface area contributed by atoms with Crippen molar-refractivity contribution in [2.45, 2.75) is 6.43 Å². The van der Waals surface area contributed by atoms with E-state index in [1.165, 1.54) is 6.26 Å². The van der Waals surface area contributed by atoms with Gasteiger partial charge in [0, 0.05) is 22.9 Å². The molecule has 2 aromatic heterocycles. The number of hydrogen-bond acceptors (Lipinski definition) is 6. The zero-order valence-corrected chi connectivity index (χ0v) is 13.3. The maximum Gasteiger partial charge on any atom is 0.255 e. The molecule has 3 N–H and O–H groups in total. The van der Waals surface area contributed by atoms with E-state index >= 15 is 0 Å². The maximum atomic E-state index is 12.5. The molecule has 3 aromatic rings. The molecule has 4 rings (SSSR count). The van der Waals surface area contributed by atoms with Gasteiger partial charge in [-0.25, -0.2) is 13.8 Å². The molecule has 7 nitrogen and oxygen atoms in total. The van der Waals surface area contributed by atoms with E-state index in [1.807, 2.05) is 0 Å². The fourth-order valence-electron chi connectivity index (χ4n) is 2.65. The fourth-order valence-corrected chi connectivity index (χ4v) is 2.65. The molecule has 0 spiro atoms. The second-order valence-electron chi connectivity index (χ2n) is 5.62. The molecule has 0 atom stereocenters. The summed E-state index contributed by atoms with van der Waals surface area (Å²) in [5, 5.41) is 8.26. The van der Waals surface area contributed by atoms with Gasteiger partial charge in [0.1, 0.15) is 5.52 Å². The summed E-state index contributed by atoms with van der Waals surface area (Å²) in [5.74, 6) is 0.135. The number of nitrogens with one attached hydrogen (secondary N) is 3. The first-order valence-corrected chi connectivity index (χ1v) is 7.70. The Morgan fingerprint density at radius 2 is 2.12 bits per heavy atom. The highest BCUT2D eigenvalue weighted by Gasteiger charge is 2.22. The molecule has 0 radical (unpaired) electrons. The van der Waals surface area contributed by atoms with Crippen LogP contribution in [-0.4, -0.2) is 28.8 Å². The van der Waals surface area contributed by atoms with Gasteiger partial charge in [-0.2, -0.15) is 4.98 Å². The van der Waals surface area contributed by atoms with Gasteiger partial charge in [0.25, 0.3) is 12.3 Å². The van der Waals surface area contributed by atoms with Crippen molar-refractivity contribution in [2.24, 2.45) is 0 Å². The lowest BCUT2D eigenvalue weighted by Gasteiger charge is -2.10. The molecule has 1 aliphatic rings. The Bertz CT molecular complexity index is 1030. The number of anilines is 4. The van der Waals surface area contributed by atoms with Gasteiger partial charge in [0.15, 0.2) is 11.4 Å². The maximum absolute atomic E-state index is 12.5. The van der Waals surface area contributed by atoms with E-state index in [-0.39, 0.29) is 17.7 Å². The molecule has 0 saturated heterocycles. The quantitative estimate of drug-likeness (QED) is 0.604. The van der Waals surface area contributed by atoms with Crippen LogP contribution in [0.1, 0.15) is 5.56 Å². The summed E-state index contributed by atoms with van der Waals surface area (Å²) in [6, 6.07) is 6.84. The second kappa shape index (κ2) is 6.10. The molecule has 0 aliphatic carbocycles. The van der Waals surface area contributed by atoms with Gasteiger partial charge < -0.3 is 20.4 Å². The first-order chi connectivity index (χ1) is 12.5. The second-order valence-corrected chi connectivity index (χ2v) is 5.62. The van der Waals surface area contributed by atoms with E-state index in [0.29, 0.717) is 28.0 Å². The van der Waals surface area contributed by atoms with Crippen LogP contribution in [0.3, 0.4) is 0 Å². The third-order valence-electron chi connectivity index (χ3n) is 3.85. The first-order valence-electron chi connectivity index (χ1n) is 7.70. The third kappa shape index (κ3) is 2.83. The van der Waals surface area contributed by atoms with Gasteiger partial charge in [0.2, 0.25) is 5.95 Å². The number of fused-ring (bicyclic) bond motifs is 2. The van der Waals surface area contributed by atoms with Gasteiger partial charge in [-0.3, -0.25) is 4.79 Å². The van der Waals surface area contributed by atoms with E-state index in [0.717, 1.165) is 5.56 Å². The molecular weight excluding hydrogens is 344 g/mol. The molecule has 3 heterocycles.